The Balaban J connectivity index is 1.63. The monoisotopic (exact) mass is 429 g/mol. The number of methoxy groups -OCH3 is 1. The number of hydrogen-bond acceptors (Lipinski definition) is 6. The number of rotatable bonds is 4. The van der Waals surface area contributed by atoms with Crippen molar-refractivity contribution in [3.05, 3.63) is 52.0 Å². The summed E-state index contributed by atoms with van der Waals surface area (Å²) in [6, 6.07) is 8.95. The fourth-order valence-electron chi connectivity index (χ4n) is 3.54. The normalized spacial score (nSPS) is 14.1. The van der Waals surface area contributed by atoms with E-state index in [-0.39, 0.29) is 10.7 Å². The zero-order chi connectivity index (χ0) is 21.3. The van der Waals surface area contributed by atoms with Crippen molar-refractivity contribution in [2.75, 3.05) is 43.5 Å². The van der Waals surface area contributed by atoms with E-state index in [0.717, 1.165) is 5.69 Å². The van der Waals surface area contributed by atoms with Gasteiger partial charge in [0.25, 0.3) is 5.56 Å². The van der Waals surface area contributed by atoms with E-state index in [9.17, 15) is 9.59 Å². The molecule has 1 fully saturated rings. The highest BCUT2D eigenvalue weighted by molar-refractivity contribution is 6.30. The maximum atomic E-state index is 12.3. The Morgan fingerprint density at radius 3 is 2.67 bits per heavy atom. The zero-order valence-electron chi connectivity index (χ0n) is 16.2. The molecule has 0 spiro atoms. The van der Waals surface area contributed by atoms with Crippen molar-refractivity contribution in [3.63, 3.8) is 0 Å². The summed E-state index contributed by atoms with van der Waals surface area (Å²) in [7, 11) is 1.57. The van der Waals surface area contributed by atoms with E-state index in [1.54, 1.807) is 19.2 Å². The second-order valence-corrected chi connectivity index (χ2v) is 7.21. The minimum absolute atomic E-state index is 0.266. The van der Waals surface area contributed by atoms with Crippen molar-refractivity contribution >= 4 is 45.7 Å². The van der Waals surface area contributed by atoms with E-state index in [1.807, 2.05) is 18.2 Å². The summed E-state index contributed by atoms with van der Waals surface area (Å²) >= 11 is 6.13. The van der Waals surface area contributed by atoms with Crippen LogP contribution in [0.15, 0.2) is 41.3 Å². The molecule has 30 heavy (non-hydrogen) atoms. The van der Waals surface area contributed by atoms with Gasteiger partial charge in [-0.1, -0.05) is 11.6 Å². The van der Waals surface area contributed by atoms with Gasteiger partial charge < -0.3 is 29.9 Å². The Bertz CT molecular complexity index is 1160. The molecule has 0 aliphatic carbocycles. The Kier molecular flexibility index (Phi) is 5.37. The first-order valence-corrected chi connectivity index (χ1v) is 9.70. The van der Waals surface area contributed by atoms with E-state index in [2.05, 4.69) is 20.2 Å². The number of halogens is 1. The van der Waals surface area contributed by atoms with Gasteiger partial charge in [-0.15, -0.1) is 0 Å². The first-order chi connectivity index (χ1) is 14.5. The van der Waals surface area contributed by atoms with E-state index in [4.69, 9.17) is 21.4 Å². The summed E-state index contributed by atoms with van der Waals surface area (Å²) in [5.74, 6) is 0.585. The Labute approximate surface area is 176 Å². The van der Waals surface area contributed by atoms with Crippen molar-refractivity contribution in [1.29, 1.82) is 0 Å². The highest BCUT2D eigenvalue weighted by Gasteiger charge is 2.21. The fourth-order valence-corrected chi connectivity index (χ4v) is 3.74. The molecule has 4 rings (SSSR count). The molecule has 156 valence electrons. The van der Waals surface area contributed by atoms with Crippen LogP contribution in [0.25, 0.3) is 10.9 Å². The van der Waals surface area contributed by atoms with Gasteiger partial charge in [0.1, 0.15) is 10.9 Å². The van der Waals surface area contributed by atoms with Crippen LogP contribution in [0.2, 0.25) is 5.15 Å². The predicted molar refractivity (Wildman–Crippen MR) is 115 cm³/mol. The van der Waals surface area contributed by atoms with Gasteiger partial charge in [-0.05, 0) is 24.3 Å². The smallest absolute Gasteiger partial charge is 0.407 e. The molecule has 3 heterocycles. The maximum Gasteiger partial charge on any atom is 0.407 e. The van der Waals surface area contributed by atoms with E-state index < -0.39 is 6.09 Å². The summed E-state index contributed by atoms with van der Waals surface area (Å²) in [4.78, 5) is 33.8. The minimum Gasteiger partial charge on any atom is -0.494 e. The molecule has 3 aromatic rings. The number of hydrogen-bond donors (Lipinski definition) is 3. The molecule has 1 aliphatic heterocycles. The number of aromatic amines is 1. The number of aromatic nitrogens is 2. The Hall–Kier alpha value is -3.46. The molecule has 1 aromatic carbocycles. The van der Waals surface area contributed by atoms with Crippen molar-refractivity contribution < 1.29 is 14.6 Å². The number of ether oxygens (including phenoxy) is 1. The summed E-state index contributed by atoms with van der Waals surface area (Å²) in [6.45, 7) is 2.09. The lowest BCUT2D eigenvalue weighted by atomic mass is 10.2. The van der Waals surface area contributed by atoms with Crippen LogP contribution in [0.4, 0.5) is 21.9 Å². The van der Waals surface area contributed by atoms with Gasteiger partial charge in [0, 0.05) is 44.1 Å². The van der Waals surface area contributed by atoms with Gasteiger partial charge in [-0.25, -0.2) is 9.78 Å². The molecule has 0 atom stereocenters. The van der Waals surface area contributed by atoms with Crippen molar-refractivity contribution in [1.82, 2.24) is 14.9 Å². The molecule has 0 radical (unpaired) electrons. The number of carbonyl (C=O) groups is 1. The number of fused-ring (bicyclic) bond motifs is 1. The average molecular weight is 430 g/mol. The molecule has 0 unspecified atom stereocenters. The van der Waals surface area contributed by atoms with Gasteiger partial charge in [0.05, 0.1) is 29.4 Å². The van der Waals surface area contributed by atoms with Crippen molar-refractivity contribution in [2.24, 2.45) is 0 Å². The number of nitrogens with zero attached hydrogens (tertiary/aromatic N) is 3. The fraction of sp³-hybridized carbons (Fsp3) is 0.250. The molecule has 1 aliphatic rings. The number of nitrogens with one attached hydrogen (secondary N) is 2. The van der Waals surface area contributed by atoms with Crippen molar-refractivity contribution in [3.8, 4) is 5.75 Å². The number of piperazine rings is 1. The lowest BCUT2D eigenvalue weighted by Crippen LogP contribution is -2.48. The number of H-pyrrole nitrogens is 1. The summed E-state index contributed by atoms with van der Waals surface area (Å²) in [5.41, 5.74) is 2.33. The third-order valence-electron chi connectivity index (χ3n) is 5.07. The first-order valence-electron chi connectivity index (χ1n) is 9.32. The molecule has 1 saturated heterocycles. The van der Waals surface area contributed by atoms with Gasteiger partial charge in [0.15, 0.2) is 0 Å². The molecular weight excluding hydrogens is 410 g/mol. The standard InChI is InChI=1S/C20H20ClN5O4/c1-30-16-10-12(25-6-8-26(9-7-25)20(28)29)2-3-13(16)23-15-11-17(21)24-14-4-5-22-19(27)18(14)15/h2-5,10-11H,6-9H2,1H3,(H,22,27)(H,23,24)(H,28,29). The topological polar surface area (TPSA) is 111 Å². The number of pyridine rings is 2. The second-order valence-electron chi connectivity index (χ2n) is 6.83. The summed E-state index contributed by atoms with van der Waals surface area (Å²) < 4.78 is 5.55. The summed E-state index contributed by atoms with van der Waals surface area (Å²) in [5, 5.41) is 13.0. The van der Waals surface area contributed by atoms with Crippen LogP contribution in [0, 0.1) is 0 Å². The Morgan fingerprint density at radius 2 is 1.97 bits per heavy atom. The number of anilines is 3. The van der Waals surface area contributed by atoms with Crippen LogP contribution in [-0.2, 0) is 0 Å². The van der Waals surface area contributed by atoms with Crippen LogP contribution in [0.3, 0.4) is 0 Å². The molecule has 1 amide bonds. The lowest BCUT2D eigenvalue weighted by Gasteiger charge is -2.34. The van der Waals surface area contributed by atoms with Gasteiger partial charge in [0.2, 0.25) is 0 Å². The van der Waals surface area contributed by atoms with Crippen LogP contribution in [0.1, 0.15) is 0 Å². The molecule has 10 heteroatoms. The number of benzene rings is 1. The lowest BCUT2D eigenvalue weighted by molar-refractivity contribution is 0.142. The minimum atomic E-state index is -0.898. The predicted octanol–water partition coefficient (Wildman–Crippen LogP) is 3.13. The number of carboxylic acid groups (broad SMARTS) is 1. The zero-order valence-corrected chi connectivity index (χ0v) is 16.9. The van der Waals surface area contributed by atoms with Crippen molar-refractivity contribution in [2.45, 2.75) is 0 Å². The SMILES string of the molecule is COc1cc(N2CCN(C(=O)O)CC2)ccc1Nc1cc(Cl)nc2cc[nH]c(=O)c12. The van der Waals surface area contributed by atoms with E-state index >= 15 is 0 Å². The van der Waals surface area contributed by atoms with Crippen LogP contribution in [0.5, 0.6) is 5.75 Å². The van der Waals surface area contributed by atoms with Gasteiger partial charge in [-0.3, -0.25) is 4.79 Å². The van der Waals surface area contributed by atoms with Crippen LogP contribution >= 0.6 is 11.6 Å². The quantitative estimate of drug-likeness (QED) is 0.546. The Morgan fingerprint density at radius 1 is 1.20 bits per heavy atom. The maximum absolute atomic E-state index is 12.3. The molecule has 2 aromatic heterocycles. The third kappa shape index (κ3) is 3.84. The molecular formula is C20H20ClN5O4. The summed E-state index contributed by atoms with van der Waals surface area (Å²) in [6.07, 6.45) is 0.627. The largest absolute Gasteiger partial charge is 0.494 e. The van der Waals surface area contributed by atoms with Crippen LogP contribution in [-0.4, -0.2) is 59.4 Å². The van der Waals surface area contributed by atoms with E-state index in [0.29, 0.717) is 54.2 Å². The van der Waals surface area contributed by atoms with Gasteiger partial charge in [-0.2, -0.15) is 0 Å². The average Bonchev–Trinajstić information content (AvgIpc) is 2.74. The molecule has 9 nitrogen and oxygen atoms in total. The third-order valence-corrected chi connectivity index (χ3v) is 5.26. The highest BCUT2D eigenvalue weighted by Crippen LogP contribution is 2.34. The molecule has 0 saturated carbocycles. The molecule has 3 N–H and O–H groups in total. The van der Waals surface area contributed by atoms with Gasteiger partial charge >= 0.3 is 6.09 Å². The van der Waals surface area contributed by atoms with Crippen LogP contribution < -0.4 is 20.5 Å². The highest BCUT2D eigenvalue weighted by atomic mass is 35.5. The molecule has 0 bridgehead atoms. The van der Waals surface area contributed by atoms with E-state index in [1.165, 1.54) is 11.1 Å². The first kappa shape index (κ1) is 19.8. The number of amides is 1. The second kappa shape index (κ2) is 8.11.